The SMILES string of the molecule is CC1CC(=O)NN=C1c1cc(F)c(Oc2cccc(C(=O)O)c2CC(C)(F)F)c(Cl)c1. The summed E-state index contributed by atoms with van der Waals surface area (Å²) in [6.45, 7) is 2.39. The Kier molecular flexibility index (Phi) is 6.26. The van der Waals surface area contributed by atoms with Crippen molar-refractivity contribution in [3.8, 4) is 11.5 Å². The Morgan fingerprint density at radius 1 is 1.39 bits per heavy atom. The van der Waals surface area contributed by atoms with Gasteiger partial charge in [-0.2, -0.15) is 5.10 Å². The van der Waals surface area contributed by atoms with Gasteiger partial charge in [0.05, 0.1) is 16.3 Å². The summed E-state index contributed by atoms with van der Waals surface area (Å²) in [5.74, 6) is -6.77. The van der Waals surface area contributed by atoms with Gasteiger partial charge in [0.25, 0.3) is 0 Å². The predicted molar refractivity (Wildman–Crippen MR) is 108 cm³/mol. The number of carboxylic acid groups (broad SMARTS) is 1. The monoisotopic (exact) mass is 454 g/mol. The first-order chi connectivity index (χ1) is 14.5. The van der Waals surface area contributed by atoms with Gasteiger partial charge in [0.2, 0.25) is 11.8 Å². The molecule has 0 aliphatic carbocycles. The van der Waals surface area contributed by atoms with Crippen molar-refractivity contribution in [2.24, 2.45) is 11.0 Å². The lowest BCUT2D eigenvalue weighted by atomic mass is 9.94. The van der Waals surface area contributed by atoms with Crippen LogP contribution in [0.3, 0.4) is 0 Å². The van der Waals surface area contributed by atoms with Gasteiger partial charge in [0.1, 0.15) is 5.75 Å². The van der Waals surface area contributed by atoms with E-state index in [1.165, 1.54) is 18.2 Å². The second-order valence-electron chi connectivity index (χ2n) is 7.34. The molecule has 0 bridgehead atoms. The third-order valence-corrected chi connectivity index (χ3v) is 4.90. The molecule has 0 saturated heterocycles. The van der Waals surface area contributed by atoms with Gasteiger partial charge < -0.3 is 9.84 Å². The number of carboxylic acids is 1. The molecule has 164 valence electrons. The maximum absolute atomic E-state index is 14.9. The number of carbonyl (C=O) groups excluding carboxylic acids is 1. The first-order valence-electron chi connectivity index (χ1n) is 9.23. The van der Waals surface area contributed by atoms with E-state index in [9.17, 15) is 27.9 Å². The van der Waals surface area contributed by atoms with Gasteiger partial charge in [-0.05, 0) is 31.2 Å². The van der Waals surface area contributed by atoms with E-state index in [2.05, 4.69) is 10.5 Å². The molecule has 1 heterocycles. The summed E-state index contributed by atoms with van der Waals surface area (Å²) in [4.78, 5) is 22.9. The average Bonchev–Trinajstić information content (AvgIpc) is 2.64. The zero-order valence-electron chi connectivity index (χ0n) is 16.5. The highest BCUT2D eigenvalue weighted by atomic mass is 35.5. The van der Waals surface area contributed by atoms with E-state index >= 15 is 0 Å². The van der Waals surface area contributed by atoms with Crippen LogP contribution in [0.2, 0.25) is 5.02 Å². The van der Waals surface area contributed by atoms with Gasteiger partial charge in [-0.25, -0.2) is 23.4 Å². The number of hydrogen-bond acceptors (Lipinski definition) is 4. The van der Waals surface area contributed by atoms with E-state index in [4.69, 9.17) is 16.3 Å². The molecule has 31 heavy (non-hydrogen) atoms. The third-order valence-electron chi connectivity index (χ3n) is 4.62. The van der Waals surface area contributed by atoms with E-state index in [0.29, 0.717) is 18.2 Å². The Morgan fingerprint density at radius 2 is 2.10 bits per heavy atom. The van der Waals surface area contributed by atoms with Crippen LogP contribution in [0.4, 0.5) is 13.2 Å². The molecule has 10 heteroatoms. The first-order valence-corrected chi connectivity index (χ1v) is 9.60. The van der Waals surface area contributed by atoms with Crippen molar-refractivity contribution in [3.05, 3.63) is 57.9 Å². The molecule has 2 aromatic rings. The van der Waals surface area contributed by atoms with Gasteiger partial charge in [-0.3, -0.25) is 4.79 Å². The molecule has 0 aromatic heterocycles. The Labute approximate surface area is 180 Å². The van der Waals surface area contributed by atoms with Gasteiger partial charge in [-0.1, -0.05) is 24.6 Å². The zero-order chi connectivity index (χ0) is 22.9. The molecule has 0 fully saturated rings. The van der Waals surface area contributed by atoms with Crippen LogP contribution in [0, 0.1) is 11.7 Å². The predicted octanol–water partition coefficient (Wildman–Crippen LogP) is 5.03. The van der Waals surface area contributed by atoms with E-state index in [-0.39, 0.29) is 40.1 Å². The third kappa shape index (κ3) is 5.16. The molecule has 2 aromatic carbocycles. The van der Waals surface area contributed by atoms with Crippen molar-refractivity contribution in [1.82, 2.24) is 5.43 Å². The Hall–Kier alpha value is -3.07. The number of hydrogen-bond donors (Lipinski definition) is 2. The highest BCUT2D eigenvalue weighted by Crippen LogP contribution is 2.38. The van der Waals surface area contributed by atoms with Gasteiger partial charge in [0.15, 0.2) is 11.6 Å². The van der Waals surface area contributed by atoms with Crippen molar-refractivity contribution in [2.45, 2.75) is 32.6 Å². The fourth-order valence-corrected chi connectivity index (χ4v) is 3.52. The summed E-state index contributed by atoms with van der Waals surface area (Å²) in [7, 11) is 0. The number of amides is 1. The van der Waals surface area contributed by atoms with Crippen LogP contribution in [0.5, 0.6) is 11.5 Å². The molecule has 6 nitrogen and oxygen atoms in total. The van der Waals surface area contributed by atoms with Crippen LogP contribution in [0.25, 0.3) is 0 Å². The molecule has 1 unspecified atom stereocenters. The lowest BCUT2D eigenvalue weighted by Gasteiger charge is -2.21. The molecule has 0 spiro atoms. The van der Waals surface area contributed by atoms with Gasteiger partial charge in [0, 0.05) is 29.9 Å². The minimum absolute atomic E-state index is 0.170. The lowest BCUT2D eigenvalue weighted by molar-refractivity contribution is -0.121. The number of alkyl halides is 2. The van der Waals surface area contributed by atoms with Gasteiger partial charge >= 0.3 is 5.97 Å². The number of ether oxygens (including phenoxy) is 1. The number of nitrogens with zero attached hydrogens (tertiary/aromatic N) is 1. The number of halogens is 4. The largest absolute Gasteiger partial charge is 0.478 e. The second-order valence-corrected chi connectivity index (χ2v) is 7.75. The van der Waals surface area contributed by atoms with E-state index in [0.717, 1.165) is 12.1 Å². The van der Waals surface area contributed by atoms with Crippen molar-refractivity contribution >= 4 is 29.2 Å². The summed E-state index contributed by atoms with van der Waals surface area (Å²) in [5.41, 5.74) is 2.41. The van der Waals surface area contributed by atoms with E-state index in [1.54, 1.807) is 6.92 Å². The average molecular weight is 455 g/mol. The molecule has 2 N–H and O–H groups in total. The van der Waals surface area contributed by atoms with Crippen LogP contribution in [0.15, 0.2) is 35.4 Å². The maximum atomic E-state index is 14.9. The van der Waals surface area contributed by atoms with Crippen LogP contribution < -0.4 is 10.2 Å². The molecule has 3 rings (SSSR count). The van der Waals surface area contributed by atoms with Crippen molar-refractivity contribution in [2.75, 3.05) is 0 Å². The number of benzene rings is 2. The van der Waals surface area contributed by atoms with E-state index < -0.39 is 29.9 Å². The molecular formula is C21H18ClF3N2O4. The fraction of sp³-hybridized carbons (Fsp3) is 0.286. The topological polar surface area (TPSA) is 88.0 Å². The molecule has 1 amide bonds. The standard InChI is InChI=1S/C21H18ClF3N2O4/c1-10-6-17(28)26-27-18(10)11-7-14(22)19(15(23)8-11)31-16-5-3-4-12(20(29)30)13(16)9-21(2,24)25/h3-5,7-8,10H,6,9H2,1-2H3,(H,26,28)(H,29,30). The van der Waals surface area contributed by atoms with Crippen molar-refractivity contribution < 1.29 is 32.6 Å². The fourth-order valence-electron chi connectivity index (χ4n) is 3.27. The van der Waals surface area contributed by atoms with Crippen LogP contribution in [-0.4, -0.2) is 28.6 Å². The first kappa shape index (κ1) is 22.6. The normalized spacial score (nSPS) is 16.5. The maximum Gasteiger partial charge on any atom is 0.336 e. The summed E-state index contributed by atoms with van der Waals surface area (Å²) >= 11 is 6.20. The van der Waals surface area contributed by atoms with Crippen LogP contribution in [-0.2, 0) is 11.2 Å². The van der Waals surface area contributed by atoms with Crippen LogP contribution in [0.1, 0.15) is 41.8 Å². The smallest absolute Gasteiger partial charge is 0.336 e. The highest BCUT2D eigenvalue weighted by Gasteiger charge is 2.29. The molecule has 1 aliphatic rings. The molecule has 0 radical (unpaired) electrons. The minimum atomic E-state index is -3.23. The highest BCUT2D eigenvalue weighted by molar-refractivity contribution is 6.32. The number of carbonyl (C=O) groups is 2. The Morgan fingerprint density at radius 3 is 2.68 bits per heavy atom. The van der Waals surface area contributed by atoms with Crippen molar-refractivity contribution in [1.29, 1.82) is 0 Å². The molecule has 0 saturated carbocycles. The quantitative estimate of drug-likeness (QED) is 0.641. The summed E-state index contributed by atoms with van der Waals surface area (Å²) in [6.07, 6.45) is -0.747. The molecular weight excluding hydrogens is 437 g/mol. The number of nitrogens with one attached hydrogen (secondary N) is 1. The minimum Gasteiger partial charge on any atom is -0.478 e. The lowest BCUT2D eigenvalue weighted by Crippen LogP contribution is -2.32. The summed E-state index contributed by atoms with van der Waals surface area (Å²) < 4.78 is 47.7. The van der Waals surface area contributed by atoms with Crippen molar-refractivity contribution in [3.63, 3.8) is 0 Å². The number of aromatic carboxylic acids is 1. The Balaban J connectivity index is 2.01. The van der Waals surface area contributed by atoms with Crippen LogP contribution >= 0.6 is 11.6 Å². The second kappa shape index (κ2) is 8.58. The number of rotatable bonds is 6. The van der Waals surface area contributed by atoms with E-state index in [1.807, 2.05) is 0 Å². The summed E-state index contributed by atoms with van der Waals surface area (Å²) in [5, 5.41) is 13.1. The van der Waals surface area contributed by atoms with Gasteiger partial charge in [-0.15, -0.1) is 0 Å². The molecule has 1 aliphatic heterocycles. The zero-order valence-corrected chi connectivity index (χ0v) is 17.3. The molecule has 1 atom stereocenters. The summed E-state index contributed by atoms with van der Waals surface area (Å²) in [6, 6.07) is 6.21. The number of hydrazone groups is 1. The Bertz CT molecular complexity index is 1060.